The lowest BCUT2D eigenvalue weighted by molar-refractivity contribution is 0.0949. The maximum Gasteiger partial charge on any atom is 0.292 e. The molecule has 2 amide bonds. The van der Waals surface area contributed by atoms with Crippen LogP contribution in [0.3, 0.4) is 0 Å². The van der Waals surface area contributed by atoms with Crippen LogP contribution in [0.25, 0.3) is 5.52 Å². The number of fused-ring (bicyclic) bond motifs is 1. The number of amides is 2. The van der Waals surface area contributed by atoms with Crippen LogP contribution in [0.2, 0.25) is 0 Å². The number of aromatic nitrogens is 2. The molecule has 0 saturated carbocycles. The van der Waals surface area contributed by atoms with E-state index in [0.29, 0.717) is 23.5 Å². The molecule has 8 nitrogen and oxygen atoms in total. The molecular formula is C21H25N5O3. The molecule has 2 N–H and O–H groups in total. The summed E-state index contributed by atoms with van der Waals surface area (Å²) in [5.74, 6) is 0.149. The number of pyridine rings is 1. The SMILES string of the molecule is COc1ccc(NC(=O)c2nc(C(=O)NCCCN(C)C)c3ccccn23)cc1. The number of hydrogen-bond donors (Lipinski definition) is 2. The van der Waals surface area contributed by atoms with Crippen LogP contribution in [0, 0.1) is 0 Å². The number of nitrogens with one attached hydrogen (secondary N) is 2. The summed E-state index contributed by atoms with van der Waals surface area (Å²) in [6, 6.07) is 12.4. The summed E-state index contributed by atoms with van der Waals surface area (Å²) in [4.78, 5) is 31.8. The van der Waals surface area contributed by atoms with E-state index in [-0.39, 0.29) is 17.4 Å². The van der Waals surface area contributed by atoms with Crippen LogP contribution in [0.5, 0.6) is 5.75 Å². The number of ether oxygens (including phenoxy) is 1. The average molecular weight is 395 g/mol. The van der Waals surface area contributed by atoms with Gasteiger partial charge in [-0.15, -0.1) is 0 Å². The van der Waals surface area contributed by atoms with E-state index in [9.17, 15) is 9.59 Å². The van der Waals surface area contributed by atoms with E-state index in [2.05, 4.69) is 20.5 Å². The molecule has 29 heavy (non-hydrogen) atoms. The highest BCUT2D eigenvalue weighted by atomic mass is 16.5. The van der Waals surface area contributed by atoms with Crippen molar-refractivity contribution in [3.8, 4) is 5.75 Å². The van der Waals surface area contributed by atoms with Crippen molar-refractivity contribution >= 4 is 23.0 Å². The number of carbonyl (C=O) groups excluding carboxylic acids is 2. The maximum absolute atomic E-state index is 12.8. The first kappa shape index (κ1) is 20.3. The third-order valence-corrected chi connectivity index (χ3v) is 4.38. The Kier molecular flexibility index (Phi) is 6.46. The molecular weight excluding hydrogens is 370 g/mol. The van der Waals surface area contributed by atoms with Crippen molar-refractivity contribution in [2.75, 3.05) is 39.6 Å². The number of nitrogens with zero attached hydrogens (tertiary/aromatic N) is 3. The average Bonchev–Trinajstić information content (AvgIpc) is 3.11. The smallest absolute Gasteiger partial charge is 0.292 e. The minimum atomic E-state index is -0.400. The van der Waals surface area contributed by atoms with Crippen LogP contribution in [-0.2, 0) is 0 Å². The fraction of sp³-hybridized carbons (Fsp3) is 0.286. The quantitative estimate of drug-likeness (QED) is 0.572. The summed E-state index contributed by atoms with van der Waals surface area (Å²) in [5, 5.41) is 5.68. The van der Waals surface area contributed by atoms with Gasteiger partial charge in [0, 0.05) is 18.4 Å². The summed E-state index contributed by atoms with van der Waals surface area (Å²) < 4.78 is 6.74. The van der Waals surface area contributed by atoms with Crippen molar-refractivity contribution in [2.45, 2.75) is 6.42 Å². The lowest BCUT2D eigenvalue weighted by Crippen LogP contribution is -2.27. The Hall–Kier alpha value is -3.39. The summed E-state index contributed by atoms with van der Waals surface area (Å²) in [6.07, 6.45) is 2.55. The molecule has 0 unspecified atom stereocenters. The number of imidazole rings is 1. The van der Waals surface area contributed by atoms with E-state index in [0.717, 1.165) is 13.0 Å². The normalized spacial score (nSPS) is 10.9. The minimum Gasteiger partial charge on any atom is -0.497 e. The standard InChI is InChI=1S/C21H25N5O3/c1-25(2)13-6-12-22-20(27)18-17-7-4-5-14-26(17)19(24-18)21(28)23-15-8-10-16(29-3)11-9-15/h4-5,7-11,14H,6,12-13H2,1-3H3,(H,22,27)(H,23,28). The largest absolute Gasteiger partial charge is 0.497 e. The molecule has 2 aromatic heterocycles. The molecule has 0 aliphatic rings. The Bertz CT molecular complexity index is 995. The number of methoxy groups -OCH3 is 1. The van der Waals surface area contributed by atoms with Crippen molar-refractivity contribution in [3.63, 3.8) is 0 Å². The Morgan fingerprint density at radius 3 is 2.55 bits per heavy atom. The lowest BCUT2D eigenvalue weighted by Gasteiger charge is -2.09. The van der Waals surface area contributed by atoms with Gasteiger partial charge in [-0.3, -0.25) is 14.0 Å². The molecule has 0 aliphatic carbocycles. The number of anilines is 1. The van der Waals surface area contributed by atoms with Gasteiger partial charge in [-0.25, -0.2) is 4.98 Å². The molecule has 1 aromatic carbocycles. The van der Waals surface area contributed by atoms with Gasteiger partial charge in [-0.2, -0.15) is 0 Å². The first-order valence-electron chi connectivity index (χ1n) is 9.35. The summed E-state index contributed by atoms with van der Waals surface area (Å²) in [6.45, 7) is 1.41. The highest BCUT2D eigenvalue weighted by Gasteiger charge is 2.21. The van der Waals surface area contributed by atoms with Crippen molar-refractivity contribution in [3.05, 3.63) is 60.2 Å². The number of benzene rings is 1. The Morgan fingerprint density at radius 2 is 1.86 bits per heavy atom. The third kappa shape index (κ3) is 4.91. The van der Waals surface area contributed by atoms with Crippen molar-refractivity contribution in [1.82, 2.24) is 19.6 Å². The molecule has 0 spiro atoms. The second kappa shape index (κ2) is 9.20. The van der Waals surface area contributed by atoms with E-state index in [4.69, 9.17) is 4.74 Å². The summed E-state index contributed by atoms with van der Waals surface area (Å²) in [5.41, 5.74) is 1.42. The van der Waals surface area contributed by atoms with E-state index in [1.54, 1.807) is 54.1 Å². The van der Waals surface area contributed by atoms with Crippen molar-refractivity contribution in [1.29, 1.82) is 0 Å². The number of carbonyl (C=O) groups is 2. The molecule has 152 valence electrons. The monoisotopic (exact) mass is 395 g/mol. The first-order valence-corrected chi connectivity index (χ1v) is 9.35. The van der Waals surface area contributed by atoms with Crippen LogP contribution < -0.4 is 15.4 Å². The van der Waals surface area contributed by atoms with E-state index < -0.39 is 5.91 Å². The van der Waals surface area contributed by atoms with Gasteiger partial charge in [0.25, 0.3) is 11.8 Å². The van der Waals surface area contributed by atoms with Crippen LogP contribution >= 0.6 is 0 Å². The Labute approximate surface area is 169 Å². The molecule has 0 atom stereocenters. The Balaban J connectivity index is 1.79. The maximum atomic E-state index is 12.8. The van der Waals surface area contributed by atoms with Gasteiger partial charge in [0.15, 0.2) is 5.69 Å². The van der Waals surface area contributed by atoms with E-state index >= 15 is 0 Å². The highest BCUT2D eigenvalue weighted by Crippen LogP contribution is 2.18. The van der Waals surface area contributed by atoms with Gasteiger partial charge in [0.2, 0.25) is 5.82 Å². The van der Waals surface area contributed by atoms with Gasteiger partial charge in [0.1, 0.15) is 5.75 Å². The predicted octanol–water partition coefficient (Wildman–Crippen LogP) is 2.28. The van der Waals surface area contributed by atoms with Crippen LogP contribution in [-0.4, -0.2) is 60.4 Å². The van der Waals surface area contributed by atoms with Gasteiger partial charge in [-0.1, -0.05) is 6.07 Å². The zero-order valence-electron chi connectivity index (χ0n) is 16.8. The lowest BCUT2D eigenvalue weighted by atomic mass is 10.3. The fourth-order valence-corrected chi connectivity index (χ4v) is 2.91. The number of hydrogen-bond acceptors (Lipinski definition) is 5. The van der Waals surface area contributed by atoms with Gasteiger partial charge in [0.05, 0.1) is 12.6 Å². The van der Waals surface area contributed by atoms with E-state index in [1.165, 1.54) is 0 Å². The first-order chi connectivity index (χ1) is 14.0. The molecule has 0 radical (unpaired) electrons. The molecule has 0 aliphatic heterocycles. The summed E-state index contributed by atoms with van der Waals surface area (Å²) >= 11 is 0. The van der Waals surface area contributed by atoms with Crippen LogP contribution in [0.1, 0.15) is 27.5 Å². The molecule has 0 fully saturated rings. The molecule has 0 bridgehead atoms. The molecule has 0 saturated heterocycles. The van der Waals surface area contributed by atoms with E-state index in [1.807, 2.05) is 20.2 Å². The van der Waals surface area contributed by atoms with Gasteiger partial charge >= 0.3 is 0 Å². The molecule has 3 rings (SSSR count). The highest BCUT2D eigenvalue weighted by molar-refractivity contribution is 6.06. The molecule has 2 heterocycles. The summed E-state index contributed by atoms with van der Waals surface area (Å²) in [7, 11) is 5.55. The zero-order valence-corrected chi connectivity index (χ0v) is 16.8. The third-order valence-electron chi connectivity index (χ3n) is 4.38. The van der Waals surface area contributed by atoms with Crippen LogP contribution in [0.4, 0.5) is 5.69 Å². The molecule has 8 heteroatoms. The van der Waals surface area contributed by atoms with Crippen LogP contribution in [0.15, 0.2) is 48.7 Å². The van der Waals surface area contributed by atoms with Gasteiger partial charge < -0.3 is 20.3 Å². The zero-order chi connectivity index (χ0) is 20.8. The molecule has 3 aromatic rings. The second-order valence-corrected chi connectivity index (χ2v) is 6.84. The second-order valence-electron chi connectivity index (χ2n) is 6.84. The topological polar surface area (TPSA) is 88.0 Å². The predicted molar refractivity (Wildman–Crippen MR) is 112 cm³/mol. The van der Waals surface area contributed by atoms with Crippen molar-refractivity contribution < 1.29 is 14.3 Å². The fourth-order valence-electron chi connectivity index (χ4n) is 2.91. The minimum absolute atomic E-state index is 0.148. The number of rotatable bonds is 8. The van der Waals surface area contributed by atoms with Crippen molar-refractivity contribution in [2.24, 2.45) is 0 Å². The van der Waals surface area contributed by atoms with Gasteiger partial charge in [-0.05, 0) is 63.5 Å². The Morgan fingerprint density at radius 1 is 1.10 bits per heavy atom.